The van der Waals surface area contributed by atoms with Gasteiger partial charge in [0.05, 0.1) is 19.8 Å². The van der Waals surface area contributed by atoms with E-state index in [1.54, 1.807) is 0 Å². The van der Waals surface area contributed by atoms with Crippen LogP contribution in [0.3, 0.4) is 0 Å². The van der Waals surface area contributed by atoms with Crippen LogP contribution in [0.5, 0.6) is 0 Å². The smallest absolute Gasteiger partial charge is 0.402 e. The maximum Gasteiger partial charge on any atom is 0.489 e. The zero-order valence-electron chi connectivity index (χ0n) is 21.0. The summed E-state index contributed by atoms with van der Waals surface area (Å²) < 4.78 is 13.6. The summed E-state index contributed by atoms with van der Waals surface area (Å²) in [5.41, 5.74) is 3.11. The number of hydrogen-bond acceptors (Lipinski definition) is 2. The molecule has 3 saturated carbocycles. The molecule has 0 N–H and O–H groups in total. The minimum Gasteiger partial charge on any atom is -0.402 e. The number of allylic oxidation sites excluding steroid dienone is 1. The summed E-state index contributed by atoms with van der Waals surface area (Å²) in [5, 5.41) is 1.48. The first-order valence-electron chi connectivity index (χ1n) is 12.8. The molecule has 3 aliphatic carbocycles. The fourth-order valence-corrected chi connectivity index (χ4v) is 10.6. The molecule has 5 atom stereocenters. The van der Waals surface area contributed by atoms with E-state index >= 15 is 0 Å². The van der Waals surface area contributed by atoms with E-state index in [0.29, 0.717) is 16.9 Å². The van der Waals surface area contributed by atoms with Gasteiger partial charge in [0, 0.05) is 0 Å². The number of rotatable bonds is 7. The standard InChI is InChI=1S/C29H39BO2Si/c1-21(30-31-27-20-23-19-26(28(23,2)3)29(27,4)32-30)25(18-17-22-13-9-7-10-14-22)33(5,6)24-15-11-8-12-16-24/h7-16,23,25-27H,1,17-20H2,2-6H3/t23-,25+,26-,27-,29-/m0/s1. The first kappa shape index (κ1) is 23.1. The Hall–Kier alpha value is -1.62. The summed E-state index contributed by atoms with van der Waals surface area (Å²) in [7, 11) is -2.15. The Morgan fingerprint density at radius 1 is 1.03 bits per heavy atom. The summed E-state index contributed by atoms with van der Waals surface area (Å²) in [4.78, 5) is 0. The highest BCUT2D eigenvalue weighted by Gasteiger charge is 2.68. The maximum absolute atomic E-state index is 6.86. The lowest BCUT2D eigenvalue weighted by molar-refractivity contribution is -0.199. The van der Waals surface area contributed by atoms with Crippen LogP contribution in [0, 0.1) is 17.3 Å². The zero-order chi connectivity index (χ0) is 23.4. The van der Waals surface area contributed by atoms with Gasteiger partial charge in [0.2, 0.25) is 0 Å². The van der Waals surface area contributed by atoms with Gasteiger partial charge in [0.25, 0.3) is 0 Å². The Balaban J connectivity index is 1.41. The second-order valence-electron chi connectivity index (χ2n) is 12.0. The summed E-state index contributed by atoms with van der Waals surface area (Å²) in [6, 6.07) is 21.9. The van der Waals surface area contributed by atoms with Crippen molar-refractivity contribution in [2.45, 2.75) is 76.8 Å². The Labute approximate surface area is 201 Å². The molecule has 1 saturated heterocycles. The van der Waals surface area contributed by atoms with Crippen molar-refractivity contribution < 1.29 is 9.31 Å². The van der Waals surface area contributed by atoms with Gasteiger partial charge in [-0.25, -0.2) is 0 Å². The second-order valence-corrected chi connectivity index (χ2v) is 16.8. The van der Waals surface area contributed by atoms with Crippen LogP contribution in [0.4, 0.5) is 0 Å². The molecule has 2 aromatic carbocycles. The number of aryl methyl sites for hydroxylation is 1. The molecule has 174 valence electrons. The Morgan fingerprint density at radius 3 is 2.30 bits per heavy atom. The van der Waals surface area contributed by atoms with Gasteiger partial charge in [-0.1, -0.05) is 92.8 Å². The average Bonchev–Trinajstić information content (AvgIpc) is 3.17. The first-order valence-corrected chi connectivity index (χ1v) is 15.8. The molecule has 0 spiro atoms. The van der Waals surface area contributed by atoms with E-state index in [2.05, 4.69) is 101 Å². The molecule has 1 heterocycles. The molecule has 4 fully saturated rings. The minimum atomic E-state index is -1.86. The molecule has 0 radical (unpaired) electrons. The first-order chi connectivity index (χ1) is 15.6. The van der Waals surface area contributed by atoms with Crippen molar-refractivity contribution in [3.63, 3.8) is 0 Å². The summed E-state index contributed by atoms with van der Waals surface area (Å²) in [6.07, 6.45) is 4.74. The van der Waals surface area contributed by atoms with E-state index in [1.807, 2.05) is 0 Å². The summed E-state index contributed by atoms with van der Waals surface area (Å²) in [6.45, 7) is 16.8. The van der Waals surface area contributed by atoms with Crippen LogP contribution >= 0.6 is 0 Å². The maximum atomic E-state index is 6.86. The lowest BCUT2D eigenvalue weighted by atomic mass is 9.43. The Bertz CT molecular complexity index is 1000. The average molecular weight is 459 g/mol. The third kappa shape index (κ3) is 3.79. The second kappa shape index (κ2) is 8.25. The van der Waals surface area contributed by atoms with Gasteiger partial charge in [-0.3, -0.25) is 0 Å². The molecular formula is C29H39BO2Si. The van der Waals surface area contributed by atoms with Crippen molar-refractivity contribution in [2.24, 2.45) is 17.3 Å². The van der Waals surface area contributed by atoms with Crippen molar-refractivity contribution in [2.75, 3.05) is 0 Å². The van der Waals surface area contributed by atoms with Crippen molar-refractivity contribution in [1.82, 2.24) is 0 Å². The molecule has 33 heavy (non-hydrogen) atoms. The molecule has 2 bridgehead atoms. The van der Waals surface area contributed by atoms with Crippen molar-refractivity contribution in [1.29, 1.82) is 0 Å². The molecule has 4 heteroatoms. The third-order valence-corrected chi connectivity index (χ3v) is 13.9. The van der Waals surface area contributed by atoms with Crippen LogP contribution in [-0.4, -0.2) is 26.9 Å². The fourth-order valence-electron chi connectivity index (χ4n) is 7.22. The van der Waals surface area contributed by atoms with Gasteiger partial charge < -0.3 is 9.31 Å². The Morgan fingerprint density at radius 2 is 1.67 bits per heavy atom. The van der Waals surface area contributed by atoms with Crippen LogP contribution < -0.4 is 5.19 Å². The molecule has 0 amide bonds. The molecule has 2 aromatic rings. The number of benzene rings is 2. The SMILES string of the molecule is C=C(B1O[C@H]2C[C@@H]3C[C@@H](C3(C)C)[C@]2(C)O1)[C@@H](CCc1ccccc1)[Si](C)(C)c1ccccc1. The monoisotopic (exact) mass is 458 g/mol. The van der Waals surface area contributed by atoms with Crippen LogP contribution in [0.2, 0.25) is 18.6 Å². The van der Waals surface area contributed by atoms with Gasteiger partial charge in [0.15, 0.2) is 0 Å². The van der Waals surface area contributed by atoms with Gasteiger partial charge in [-0.2, -0.15) is 0 Å². The van der Waals surface area contributed by atoms with Crippen LogP contribution in [-0.2, 0) is 15.7 Å². The van der Waals surface area contributed by atoms with Crippen molar-refractivity contribution in [3.8, 4) is 0 Å². The van der Waals surface area contributed by atoms with Crippen molar-refractivity contribution >= 4 is 20.4 Å². The van der Waals surface area contributed by atoms with Gasteiger partial charge in [-0.05, 0) is 66.4 Å². The van der Waals surface area contributed by atoms with Gasteiger partial charge in [0.1, 0.15) is 0 Å². The largest absolute Gasteiger partial charge is 0.489 e. The normalized spacial score (nSPS) is 30.9. The zero-order valence-corrected chi connectivity index (χ0v) is 22.0. The van der Waals surface area contributed by atoms with Gasteiger partial charge in [-0.15, -0.1) is 6.58 Å². The molecule has 1 aliphatic heterocycles. The predicted octanol–water partition coefficient (Wildman–Crippen LogP) is 6.43. The molecule has 6 rings (SSSR count). The third-order valence-electron chi connectivity index (χ3n) is 9.65. The number of hydrogen-bond donors (Lipinski definition) is 0. The lowest BCUT2D eigenvalue weighted by Gasteiger charge is -2.64. The van der Waals surface area contributed by atoms with E-state index in [1.165, 1.54) is 17.2 Å². The highest BCUT2D eigenvalue weighted by Crippen LogP contribution is 2.66. The van der Waals surface area contributed by atoms with E-state index < -0.39 is 8.07 Å². The summed E-state index contributed by atoms with van der Waals surface area (Å²) >= 11 is 0. The van der Waals surface area contributed by atoms with Gasteiger partial charge >= 0.3 is 7.12 Å². The van der Waals surface area contributed by atoms with Crippen LogP contribution in [0.25, 0.3) is 0 Å². The highest BCUT2D eigenvalue weighted by molar-refractivity contribution is 6.92. The molecule has 2 nitrogen and oxygen atoms in total. The fraction of sp³-hybridized carbons (Fsp3) is 0.517. The molecular weight excluding hydrogens is 419 g/mol. The lowest BCUT2D eigenvalue weighted by Crippen LogP contribution is -2.65. The topological polar surface area (TPSA) is 18.5 Å². The molecule has 0 unspecified atom stereocenters. The minimum absolute atomic E-state index is 0.186. The van der Waals surface area contributed by atoms with Crippen LogP contribution in [0.15, 0.2) is 72.7 Å². The highest BCUT2D eigenvalue weighted by atomic mass is 28.3. The van der Waals surface area contributed by atoms with Crippen molar-refractivity contribution in [3.05, 3.63) is 78.3 Å². The van der Waals surface area contributed by atoms with E-state index in [-0.39, 0.29) is 18.8 Å². The summed E-state index contributed by atoms with van der Waals surface area (Å²) in [5.74, 6) is 1.34. The van der Waals surface area contributed by atoms with E-state index in [0.717, 1.165) is 30.7 Å². The molecule has 4 aliphatic rings. The van der Waals surface area contributed by atoms with E-state index in [4.69, 9.17) is 9.31 Å². The predicted molar refractivity (Wildman–Crippen MR) is 141 cm³/mol. The quantitative estimate of drug-likeness (QED) is 0.445. The Kier molecular flexibility index (Phi) is 5.79. The molecule has 0 aromatic heterocycles. The van der Waals surface area contributed by atoms with E-state index in [9.17, 15) is 0 Å². The van der Waals surface area contributed by atoms with Crippen LogP contribution in [0.1, 0.15) is 45.6 Å².